The predicted octanol–water partition coefficient (Wildman–Crippen LogP) is 4.38. The predicted molar refractivity (Wildman–Crippen MR) is 95.9 cm³/mol. The monoisotopic (exact) mass is 326 g/mol. The number of carbonyl (C=O) groups is 1. The van der Waals surface area contributed by atoms with E-state index in [4.69, 9.17) is 9.47 Å². The number of esters is 1. The number of carbonyl (C=O) groups excluding carboxylic acids is 1. The summed E-state index contributed by atoms with van der Waals surface area (Å²) >= 11 is 0. The van der Waals surface area contributed by atoms with Gasteiger partial charge in [0.25, 0.3) is 0 Å². The van der Waals surface area contributed by atoms with Gasteiger partial charge in [0.1, 0.15) is 0 Å². The molecule has 24 heavy (non-hydrogen) atoms. The van der Waals surface area contributed by atoms with Crippen molar-refractivity contribution in [3.63, 3.8) is 0 Å². The van der Waals surface area contributed by atoms with Gasteiger partial charge in [0.05, 0.1) is 25.7 Å². The van der Waals surface area contributed by atoms with Crippen molar-refractivity contribution in [3.05, 3.63) is 70.8 Å². The summed E-state index contributed by atoms with van der Waals surface area (Å²) in [5, 5.41) is 0. The van der Waals surface area contributed by atoms with Crippen molar-refractivity contribution < 1.29 is 14.3 Å². The molecule has 0 aliphatic heterocycles. The minimum absolute atomic E-state index is 0.153. The minimum atomic E-state index is -0.209. The first-order valence-electron chi connectivity index (χ1n) is 8.42. The van der Waals surface area contributed by atoms with E-state index in [1.165, 1.54) is 16.7 Å². The van der Waals surface area contributed by atoms with Crippen molar-refractivity contribution >= 4 is 5.97 Å². The first-order valence-corrected chi connectivity index (χ1v) is 8.42. The molecule has 1 unspecified atom stereocenters. The Hall–Kier alpha value is -2.13. The van der Waals surface area contributed by atoms with E-state index in [0.29, 0.717) is 13.2 Å². The maximum atomic E-state index is 11.9. The molecule has 2 rings (SSSR count). The summed E-state index contributed by atoms with van der Waals surface area (Å²) < 4.78 is 11.0. The van der Waals surface area contributed by atoms with Crippen LogP contribution in [-0.2, 0) is 27.3 Å². The van der Waals surface area contributed by atoms with Gasteiger partial charge >= 0.3 is 5.97 Å². The lowest BCUT2D eigenvalue weighted by Crippen LogP contribution is -2.17. The largest absolute Gasteiger partial charge is 0.465 e. The molecule has 0 saturated heterocycles. The van der Waals surface area contributed by atoms with Gasteiger partial charge in [0, 0.05) is 6.42 Å². The second kappa shape index (κ2) is 9.24. The van der Waals surface area contributed by atoms with E-state index < -0.39 is 0 Å². The van der Waals surface area contributed by atoms with E-state index in [2.05, 4.69) is 32.0 Å². The molecule has 0 N–H and O–H groups in total. The number of benzene rings is 2. The van der Waals surface area contributed by atoms with Gasteiger partial charge in [0.15, 0.2) is 0 Å². The number of aryl methyl sites for hydroxylation is 2. The van der Waals surface area contributed by atoms with Crippen LogP contribution in [0.25, 0.3) is 0 Å². The highest BCUT2D eigenvalue weighted by molar-refractivity contribution is 5.69. The van der Waals surface area contributed by atoms with E-state index in [1.54, 1.807) is 0 Å². The molecular formula is C21H26O3. The fourth-order valence-corrected chi connectivity index (χ4v) is 2.41. The van der Waals surface area contributed by atoms with E-state index >= 15 is 0 Å². The van der Waals surface area contributed by atoms with Gasteiger partial charge in [0.2, 0.25) is 0 Å². The fourth-order valence-electron chi connectivity index (χ4n) is 2.41. The zero-order valence-electron chi connectivity index (χ0n) is 14.7. The lowest BCUT2D eigenvalue weighted by Gasteiger charge is -2.13. The molecule has 0 aliphatic rings. The third kappa shape index (κ3) is 6.17. The molecule has 3 heteroatoms. The van der Waals surface area contributed by atoms with Crippen LogP contribution in [0.15, 0.2) is 48.5 Å². The molecule has 0 fully saturated rings. The van der Waals surface area contributed by atoms with E-state index in [0.717, 1.165) is 12.0 Å². The summed E-state index contributed by atoms with van der Waals surface area (Å²) in [5.41, 5.74) is 4.84. The Balaban J connectivity index is 1.66. The molecule has 0 saturated carbocycles. The topological polar surface area (TPSA) is 35.5 Å². The number of rotatable bonds is 8. The van der Waals surface area contributed by atoms with Crippen LogP contribution in [0, 0.1) is 13.8 Å². The number of hydrogen-bond acceptors (Lipinski definition) is 3. The highest BCUT2D eigenvalue weighted by Gasteiger charge is 2.11. The Labute approximate surface area is 144 Å². The molecule has 1 atom stereocenters. The van der Waals surface area contributed by atoms with Crippen molar-refractivity contribution in [1.82, 2.24) is 0 Å². The highest BCUT2D eigenvalue weighted by Crippen LogP contribution is 2.11. The summed E-state index contributed by atoms with van der Waals surface area (Å²) in [6, 6.07) is 16.3. The second-order valence-electron chi connectivity index (χ2n) is 6.20. The molecule has 2 aromatic carbocycles. The Morgan fingerprint density at radius 3 is 2.46 bits per heavy atom. The highest BCUT2D eigenvalue weighted by atomic mass is 16.5. The second-order valence-corrected chi connectivity index (χ2v) is 6.20. The molecule has 0 heterocycles. The fraction of sp³-hybridized carbons (Fsp3) is 0.381. The summed E-state index contributed by atoms with van der Waals surface area (Å²) in [5.74, 6) is -0.209. The SMILES string of the molecule is Cc1ccc(CCOC(=O)CC(C)OCc2ccccc2)cc1C. The minimum Gasteiger partial charge on any atom is -0.465 e. The summed E-state index contributed by atoms with van der Waals surface area (Å²) in [7, 11) is 0. The van der Waals surface area contributed by atoms with Crippen molar-refractivity contribution in [2.24, 2.45) is 0 Å². The first kappa shape index (κ1) is 18.2. The molecule has 2 aromatic rings. The zero-order valence-corrected chi connectivity index (χ0v) is 14.7. The molecular weight excluding hydrogens is 300 g/mol. The van der Waals surface area contributed by atoms with E-state index in [9.17, 15) is 4.79 Å². The normalized spacial score (nSPS) is 12.0. The van der Waals surface area contributed by atoms with Crippen LogP contribution in [-0.4, -0.2) is 18.7 Å². The molecule has 0 radical (unpaired) electrons. The van der Waals surface area contributed by atoms with Crippen LogP contribution >= 0.6 is 0 Å². The number of ether oxygens (including phenoxy) is 2. The first-order chi connectivity index (χ1) is 11.5. The molecule has 0 spiro atoms. The third-order valence-electron chi connectivity index (χ3n) is 4.06. The quantitative estimate of drug-likeness (QED) is 0.675. The van der Waals surface area contributed by atoms with Crippen molar-refractivity contribution in [2.75, 3.05) is 6.61 Å². The van der Waals surface area contributed by atoms with Crippen LogP contribution in [0.1, 0.15) is 35.6 Å². The maximum Gasteiger partial charge on any atom is 0.308 e. The number of hydrogen-bond donors (Lipinski definition) is 0. The Kier molecular flexibility index (Phi) is 7.01. The molecule has 0 amide bonds. The van der Waals surface area contributed by atoms with Crippen LogP contribution in [0.4, 0.5) is 0 Å². The molecule has 0 bridgehead atoms. The van der Waals surface area contributed by atoms with Gasteiger partial charge in [-0.1, -0.05) is 48.5 Å². The Bertz CT molecular complexity index is 649. The van der Waals surface area contributed by atoms with E-state index in [1.807, 2.05) is 37.3 Å². The molecule has 128 valence electrons. The summed E-state index contributed by atoms with van der Waals surface area (Å²) in [4.78, 5) is 11.9. The summed E-state index contributed by atoms with van der Waals surface area (Å²) in [6.45, 7) is 7.00. The van der Waals surface area contributed by atoms with Crippen LogP contribution in [0.3, 0.4) is 0 Å². The molecule has 0 aromatic heterocycles. The van der Waals surface area contributed by atoms with Crippen molar-refractivity contribution in [2.45, 2.75) is 46.3 Å². The van der Waals surface area contributed by atoms with Gasteiger partial charge in [-0.3, -0.25) is 4.79 Å². The van der Waals surface area contributed by atoms with Crippen molar-refractivity contribution in [1.29, 1.82) is 0 Å². The van der Waals surface area contributed by atoms with Crippen molar-refractivity contribution in [3.8, 4) is 0 Å². The van der Waals surface area contributed by atoms with Gasteiger partial charge in [-0.15, -0.1) is 0 Å². The molecule has 0 aliphatic carbocycles. The summed E-state index contributed by atoms with van der Waals surface area (Å²) in [6.07, 6.45) is 0.866. The van der Waals surface area contributed by atoms with E-state index in [-0.39, 0.29) is 18.5 Å². The third-order valence-corrected chi connectivity index (χ3v) is 4.06. The van der Waals surface area contributed by atoms with Crippen LogP contribution < -0.4 is 0 Å². The van der Waals surface area contributed by atoms with Gasteiger partial charge < -0.3 is 9.47 Å². The standard InChI is InChI=1S/C21H26O3/c1-16-9-10-19(13-17(16)2)11-12-23-21(22)14-18(3)24-15-20-7-5-4-6-8-20/h4-10,13,18H,11-12,14-15H2,1-3H3. The van der Waals surface area contributed by atoms with Gasteiger partial charge in [-0.2, -0.15) is 0 Å². The lowest BCUT2D eigenvalue weighted by molar-refractivity contribution is -0.146. The maximum absolute atomic E-state index is 11.9. The average molecular weight is 326 g/mol. The average Bonchev–Trinajstić information content (AvgIpc) is 2.57. The Morgan fingerprint density at radius 2 is 1.75 bits per heavy atom. The van der Waals surface area contributed by atoms with Crippen LogP contribution in [0.5, 0.6) is 0 Å². The Morgan fingerprint density at radius 1 is 1.00 bits per heavy atom. The zero-order chi connectivity index (χ0) is 17.4. The van der Waals surface area contributed by atoms with Gasteiger partial charge in [-0.25, -0.2) is 0 Å². The lowest BCUT2D eigenvalue weighted by atomic mass is 10.0. The molecule has 3 nitrogen and oxygen atoms in total. The smallest absolute Gasteiger partial charge is 0.308 e. The van der Waals surface area contributed by atoms with Gasteiger partial charge in [-0.05, 0) is 43.0 Å². The van der Waals surface area contributed by atoms with Crippen LogP contribution in [0.2, 0.25) is 0 Å².